The second-order valence-electron chi connectivity index (χ2n) is 4.85. The third-order valence-electron chi connectivity index (χ3n) is 3.56. The van der Waals surface area contributed by atoms with Crippen LogP contribution in [0.5, 0.6) is 5.75 Å². The molecule has 3 aromatic carbocycles. The highest BCUT2D eigenvalue weighted by atomic mass is 19.2. The standard InChI is InChI=1S/C19H14F2O/c1-22-17-12-11-16(20)19(21)18(17)15-10-6-5-9-14(15)13-7-3-2-4-8-13/h2-12H,1H3. The van der Waals surface area contributed by atoms with E-state index in [1.54, 1.807) is 12.1 Å². The largest absolute Gasteiger partial charge is 0.496 e. The fraction of sp³-hybridized carbons (Fsp3) is 0.0526. The van der Waals surface area contributed by atoms with Crippen LogP contribution in [-0.4, -0.2) is 7.11 Å². The number of hydrogen-bond donors (Lipinski definition) is 0. The van der Waals surface area contributed by atoms with E-state index in [-0.39, 0.29) is 5.56 Å². The fourth-order valence-corrected chi connectivity index (χ4v) is 2.52. The molecule has 3 rings (SSSR count). The first-order valence-corrected chi connectivity index (χ1v) is 6.89. The summed E-state index contributed by atoms with van der Waals surface area (Å²) in [5.74, 6) is -1.48. The fourth-order valence-electron chi connectivity index (χ4n) is 2.52. The molecule has 0 radical (unpaired) electrons. The van der Waals surface area contributed by atoms with Crippen LogP contribution >= 0.6 is 0 Å². The van der Waals surface area contributed by atoms with Crippen molar-refractivity contribution in [3.63, 3.8) is 0 Å². The molecule has 3 heteroatoms. The summed E-state index contributed by atoms with van der Waals surface area (Å²) in [5.41, 5.74) is 2.50. The Morgan fingerprint density at radius 1 is 0.727 bits per heavy atom. The van der Waals surface area contributed by atoms with E-state index in [0.717, 1.165) is 17.2 Å². The molecule has 0 spiro atoms. The predicted molar refractivity (Wildman–Crippen MR) is 83.8 cm³/mol. The molecule has 0 aromatic heterocycles. The van der Waals surface area contributed by atoms with Gasteiger partial charge in [-0.15, -0.1) is 0 Å². The molecule has 0 bridgehead atoms. The van der Waals surface area contributed by atoms with Gasteiger partial charge in [-0.2, -0.15) is 0 Å². The van der Waals surface area contributed by atoms with Crippen molar-refractivity contribution in [2.24, 2.45) is 0 Å². The minimum atomic E-state index is -0.900. The van der Waals surface area contributed by atoms with Gasteiger partial charge in [0.05, 0.1) is 12.7 Å². The van der Waals surface area contributed by atoms with E-state index in [1.807, 2.05) is 42.5 Å². The summed E-state index contributed by atoms with van der Waals surface area (Å²) in [6.45, 7) is 0. The number of benzene rings is 3. The smallest absolute Gasteiger partial charge is 0.170 e. The Morgan fingerprint density at radius 2 is 1.36 bits per heavy atom. The zero-order valence-corrected chi connectivity index (χ0v) is 12.0. The van der Waals surface area contributed by atoms with Gasteiger partial charge in [0.2, 0.25) is 0 Å². The third-order valence-corrected chi connectivity index (χ3v) is 3.56. The Hall–Kier alpha value is -2.68. The molecule has 0 saturated heterocycles. The van der Waals surface area contributed by atoms with Gasteiger partial charge in [-0.1, -0.05) is 54.6 Å². The third kappa shape index (κ3) is 2.46. The number of methoxy groups -OCH3 is 1. The molecule has 0 unspecified atom stereocenters. The Labute approximate surface area is 127 Å². The van der Waals surface area contributed by atoms with Crippen LogP contribution in [0.25, 0.3) is 22.3 Å². The van der Waals surface area contributed by atoms with Crippen molar-refractivity contribution >= 4 is 0 Å². The molecule has 0 atom stereocenters. The second-order valence-corrected chi connectivity index (χ2v) is 4.85. The molecule has 3 aromatic rings. The van der Waals surface area contributed by atoms with Crippen molar-refractivity contribution in [1.82, 2.24) is 0 Å². The molecule has 1 nitrogen and oxygen atoms in total. The van der Waals surface area contributed by atoms with Crippen LogP contribution in [0.4, 0.5) is 8.78 Å². The first-order valence-electron chi connectivity index (χ1n) is 6.89. The molecule has 0 amide bonds. The van der Waals surface area contributed by atoms with E-state index in [0.29, 0.717) is 11.3 Å². The van der Waals surface area contributed by atoms with Crippen LogP contribution in [0.15, 0.2) is 66.7 Å². The van der Waals surface area contributed by atoms with Gasteiger partial charge in [-0.3, -0.25) is 0 Å². The normalized spacial score (nSPS) is 10.5. The van der Waals surface area contributed by atoms with Gasteiger partial charge in [0.25, 0.3) is 0 Å². The van der Waals surface area contributed by atoms with Crippen LogP contribution in [0.1, 0.15) is 0 Å². The lowest BCUT2D eigenvalue weighted by Gasteiger charge is -2.14. The minimum absolute atomic E-state index is 0.141. The highest BCUT2D eigenvalue weighted by Gasteiger charge is 2.19. The number of ether oxygens (including phenoxy) is 1. The van der Waals surface area contributed by atoms with Crippen LogP contribution in [-0.2, 0) is 0 Å². The summed E-state index contributed by atoms with van der Waals surface area (Å²) in [4.78, 5) is 0. The van der Waals surface area contributed by atoms with Gasteiger partial charge in [-0.05, 0) is 28.8 Å². The maximum absolute atomic E-state index is 14.4. The molecule has 0 fully saturated rings. The second kappa shape index (κ2) is 5.98. The Balaban J connectivity index is 2.29. The predicted octanol–water partition coefficient (Wildman–Crippen LogP) is 5.31. The molecule has 0 heterocycles. The lowest BCUT2D eigenvalue weighted by molar-refractivity contribution is 0.409. The van der Waals surface area contributed by atoms with Crippen molar-refractivity contribution in [3.8, 4) is 28.0 Å². The molecular formula is C19H14F2O. The van der Waals surface area contributed by atoms with Gasteiger partial charge in [0.1, 0.15) is 5.75 Å². The first-order chi connectivity index (χ1) is 10.7. The zero-order valence-electron chi connectivity index (χ0n) is 12.0. The summed E-state index contributed by atoms with van der Waals surface area (Å²) in [6, 6.07) is 19.4. The summed E-state index contributed by atoms with van der Waals surface area (Å²) < 4.78 is 33.3. The number of rotatable bonds is 3. The number of hydrogen-bond acceptors (Lipinski definition) is 1. The average molecular weight is 296 g/mol. The maximum atomic E-state index is 14.4. The van der Waals surface area contributed by atoms with E-state index >= 15 is 0 Å². The average Bonchev–Trinajstić information content (AvgIpc) is 2.58. The molecule has 0 saturated carbocycles. The van der Waals surface area contributed by atoms with Crippen LogP contribution in [0, 0.1) is 11.6 Å². The lowest BCUT2D eigenvalue weighted by Crippen LogP contribution is -1.96. The molecule has 0 aliphatic rings. The summed E-state index contributed by atoms with van der Waals surface area (Å²) in [6.07, 6.45) is 0. The van der Waals surface area contributed by atoms with Gasteiger partial charge >= 0.3 is 0 Å². The molecule has 0 aliphatic heterocycles. The van der Waals surface area contributed by atoms with Crippen LogP contribution < -0.4 is 4.74 Å². The van der Waals surface area contributed by atoms with Crippen molar-refractivity contribution in [2.45, 2.75) is 0 Å². The van der Waals surface area contributed by atoms with E-state index in [1.165, 1.54) is 13.2 Å². The molecule has 0 aliphatic carbocycles. The zero-order chi connectivity index (χ0) is 15.5. The molecule has 22 heavy (non-hydrogen) atoms. The monoisotopic (exact) mass is 296 g/mol. The van der Waals surface area contributed by atoms with Crippen molar-refractivity contribution in [1.29, 1.82) is 0 Å². The highest BCUT2D eigenvalue weighted by Crippen LogP contribution is 2.39. The van der Waals surface area contributed by atoms with Crippen molar-refractivity contribution in [3.05, 3.63) is 78.4 Å². The topological polar surface area (TPSA) is 9.23 Å². The van der Waals surface area contributed by atoms with Gasteiger partial charge in [-0.25, -0.2) is 8.78 Å². The SMILES string of the molecule is COc1ccc(F)c(F)c1-c1ccccc1-c1ccccc1. The van der Waals surface area contributed by atoms with Crippen LogP contribution in [0.2, 0.25) is 0 Å². The maximum Gasteiger partial charge on any atom is 0.170 e. The quantitative estimate of drug-likeness (QED) is 0.636. The van der Waals surface area contributed by atoms with E-state index in [4.69, 9.17) is 4.74 Å². The molecule has 0 N–H and O–H groups in total. The lowest BCUT2D eigenvalue weighted by atomic mass is 9.93. The summed E-state index contributed by atoms with van der Waals surface area (Å²) in [7, 11) is 1.45. The van der Waals surface area contributed by atoms with E-state index in [9.17, 15) is 8.78 Å². The van der Waals surface area contributed by atoms with Gasteiger partial charge in [0, 0.05) is 0 Å². The first kappa shape index (κ1) is 14.3. The summed E-state index contributed by atoms with van der Waals surface area (Å²) >= 11 is 0. The van der Waals surface area contributed by atoms with Gasteiger partial charge < -0.3 is 4.74 Å². The Morgan fingerprint density at radius 3 is 2.05 bits per heavy atom. The number of halogens is 2. The Bertz CT molecular complexity index is 798. The Kier molecular flexibility index (Phi) is 3.88. The minimum Gasteiger partial charge on any atom is -0.496 e. The van der Waals surface area contributed by atoms with Crippen molar-refractivity contribution in [2.75, 3.05) is 7.11 Å². The van der Waals surface area contributed by atoms with Crippen LogP contribution in [0.3, 0.4) is 0 Å². The van der Waals surface area contributed by atoms with Gasteiger partial charge in [0.15, 0.2) is 11.6 Å². The molecular weight excluding hydrogens is 282 g/mol. The molecule has 110 valence electrons. The van der Waals surface area contributed by atoms with Crippen molar-refractivity contribution < 1.29 is 13.5 Å². The highest BCUT2D eigenvalue weighted by molar-refractivity contribution is 5.86. The van der Waals surface area contributed by atoms with E-state index < -0.39 is 11.6 Å². The van der Waals surface area contributed by atoms with E-state index in [2.05, 4.69) is 0 Å². The summed E-state index contributed by atoms with van der Waals surface area (Å²) in [5, 5.41) is 0.